The Morgan fingerprint density at radius 3 is 2.16 bits per heavy atom. The summed E-state index contributed by atoms with van der Waals surface area (Å²) in [7, 11) is 0. The van der Waals surface area contributed by atoms with Gasteiger partial charge in [0.1, 0.15) is 11.4 Å². The molecule has 2 fully saturated rings. The van der Waals surface area contributed by atoms with Crippen molar-refractivity contribution in [2.45, 2.75) is 98.9 Å². The molecular formula is C31H44O7. The predicted molar refractivity (Wildman–Crippen MR) is 143 cm³/mol. The average Bonchev–Trinajstić information content (AvgIpc) is 2.98. The van der Waals surface area contributed by atoms with Crippen molar-refractivity contribution in [3.63, 3.8) is 0 Å². The fraction of sp³-hybridized carbons (Fsp3) is 0.710. The number of aliphatic hydroxyl groups is 4. The molecule has 8 atom stereocenters. The van der Waals surface area contributed by atoms with Gasteiger partial charge < -0.3 is 20.4 Å². The van der Waals surface area contributed by atoms with Gasteiger partial charge in [0.25, 0.3) is 0 Å². The molecular weight excluding hydrogens is 484 g/mol. The summed E-state index contributed by atoms with van der Waals surface area (Å²) in [6.07, 6.45) is 5.78. The van der Waals surface area contributed by atoms with Crippen LogP contribution in [0.5, 0.6) is 0 Å². The molecule has 0 bridgehead atoms. The normalized spacial score (nSPS) is 44.1. The Balaban J connectivity index is 1.88. The Morgan fingerprint density at radius 1 is 1.03 bits per heavy atom. The van der Waals surface area contributed by atoms with Crippen LogP contribution in [0.1, 0.15) is 81.6 Å². The molecule has 210 valence electrons. The first-order chi connectivity index (χ1) is 17.0. The van der Waals surface area contributed by atoms with Crippen molar-refractivity contribution in [2.24, 2.45) is 38.9 Å². The van der Waals surface area contributed by atoms with Crippen LogP contribution in [0.3, 0.4) is 0 Å². The Hall–Kier alpha value is -2.09. The number of hydrogen-bond acceptors (Lipinski definition) is 7. The molecule has 0 saturated heterocycles. The van der Waals surface area contributed by atoms with Crippen LogP contribution in [0, 0.1) is 38.9 Å². The lowest BCUT2D eigenvalue weighted by Crippen LogP contribution is -2.69. The van der Waals surface area contributed by atoms with Gasteiger partial charge in [-0.2, -0.15) is 0 Å². The first-order valence-corrected chi connectivity index (χ1v) is 13.6. The third kappa shape index (κ3) is 3.34. The van der Waals surface area contributed by atoms with Crippen molar-refractivity contribution in [3.05, 3.63) is 35.6 Å². The van der Waals surface area contributed by atoms with Crippen molar-refractivity contribution < 1.29 is 34.8 Å². The summed E-state index contributed by atoms with van der Waals surface area (Å²) in [6.45, 7) is 15.9. The number of rotatable bonds is 4. The Morgan fingerprint density at radius 2 is 1.61 bits per heavy atom. The maximum Gasteiger partial charge on any atom is 0.206 e. The van der Waals surface area contributed by atoms with E-state index in [2.05, 4.69) is 6.92 Å². The smallest absolute Gasteiger partial charge is 0.206 e. The van der Waals surface area contributed by atoms with Gasteiger partial charge in [0, 0.05) is 23.7 Å². The summed E-state index contributed by atoms with van der Waals surface area (Å²) < 4.78 is 0. The number of ketones is 3. The molecule has 0 radical (unpaired) electrons. The van der Waals surface area contributed by atoms with Gasteiger partial charge in [0.05, 0.1) is 17.1 Å². The zero-order valence-corrected chi connectivity index (χ0v) is 24.2. The van der Waals surface area contributed by atoms with Crippen molar-refractivity contribution in [1.82, 2.24) is 0 Å². The van der Waals surface area contributed by atoms with Gasteiger partial charge in [-0.15, -0.1) is 0 Å². The van der Waals surface area contributed by atoms with E-state index in [0.29, 0.717) is 6.42 Å². The molecule has 0 heterocycles. The molecule has 1 unspecified atom stereocenters. The van der Waals surface area contributed by atoms with Crippen LogP contribution in [0.25, 0.3) is 0 Å². The minimum atomic E-state index is -1.98. The summed E-state index contributed by atoms with van der Waals surface area (Å²) in [5, 5.41) is 43.9. The van der Waals surface area contributed by atoms with Crippen LogP contribution in [-0.2, 0) is 14.4 Å². The lowest BCUT2D eigenvalue weighted by Gasteiger charge is -2.69. The summed E-state index contributed by atoms with van der Waals surface area (Å²) in [5.41, 5.74) is -6.68. The molecule has 0 spiro atoms. The van der Waals surface area contributed by atoms with E-state index in [0.717, 1.165) is 11.6 Å². The summed E-state index contributed by atoms with van der Waals surface area (Å²) in [4.78, 5) is 40.5. The zero-order valence-electron chi connectivity index (χ0n) is 24.2. The number of carbonyl (C=O) groups excluding carboxylic acids is 3. The van der Waals surface area contributed by atoms with E-state index in [1.807, 2.05) is 26.8 Å². The zero-order chi connectivity index (χ0) is 29.1. The largest absolute Gasteiger partial charge is 0.505 e. The monoisotopic (exact) mass is 528 g/mol. The molecule has 7 nitrogen and oxygen atoms in total. The van der Waals surface area contributed by atoms with Crippen molar-refractivity contribution in [2.75, 3.05) is 0 Å². The Kier molecular flexibility index (Phi) is 6.07. The highest BCUT2D eigenvalue weighted by molar-refractivity contribution is 6.02. The van der Waals surface area contributed by atoms with E-state index in [1.54, 1.807) is 13.8 Å². The number of carbonyl (C=O) groups is 3. The molecule has 0 amide bonds. The molecule has 2 saturated carbocycles. The second-order valence-electron chi connectivity index (χ2n) is 14.5. The van der Waals surface area contributed by atoms with Crippen molar-refractivity contribution in [1.29, 1.82) is 0 Å². The first-order valence-electron chi connectivity index (χ1n) is 13.6. The SMILES string of the molecule is CC(C)(O)/C=C/C(=O)C(C)(O)[C@H]1[C@H](O)C[C@@]2(C)[C@]3(C)CC=C4[C@@H](C=C(O)C(=O)C4(C)C)[C@]3(C)C(=O)C[C@]12C. The van der Waals surface area contributed by atoms with Gasteiger partial charge in [-0.25, -0.2) is 0 Å². The molecule has 7 heteroatoms. The fourth-order valence-corrected chi connectivity index (χ4v) is 8.98. The highest BCUT2D eigenvalue weighted by Gasteiger charge is 2.78. The maximum absolute atomic E-state index is 14.4. The molecule has 4 rings (SSSR count). The third-order valence-electron chi connectivity index (χ3n) is 11.7. The molecule has 4 N–H and O–H groups in total. The molecule has 0 aromatic heterocycles. The minimum Gasteiger partial charge on any atom is -0.505 e. The number of aliphatic hydroxyl groups excluding tert-OH is 2. The minimum absolute atomic E-state index is 0.0305. The fourth-order valence-electron chi connectivity index (χ4n) is 8.98. The molecule has 4 aliphatic carbocycles. The van der Waals surface area contributed by atoms with Crippen LogP contribution in [0.15, 0.2) is 35.6 Å². The van der Waals surface area contributed by atoms with Gasteiger partial charge in [0.15, 0.2) is 11.5 Å². The highest BCUT2D eigenvalue weighted by atomic mass is 16.3. The van der Waals surface area contributed by atoms with Gasteiger partial charge in [0.2, 0.25) is 5.78 Å². The predicted octanol–water partition coefficient (Wildman–Crippen LogP) is 4.01. The van der Waals surface area contributed by atoms with Crippen LogP contribution >= 0.6 is 0 Å². The van der Waals surface area contributed by atoms with Crippen LogP contribution in [0.4, 0.5) is 0 Å². The standard InChI is InChI=1S/C31H44O7/c1-25(2,37)12-11-21(34)31(9,38)23-20(33)15-29(7)27(23,5)16-22(35)30(8)18-14-19(32)24(36)26(3,4)17(18)10-13-28(29,30)6/h10-12,14,18,20,23,32-33,37-38H,13,15-16H2,1-9H3/b12-11+/t18-,20-,23+,27-,28+,29-,30-,31?/m1/s1. The van der Waals surface area contributed by atoms with Gasteiger partial charge >= 0.3 is 0 Å². The highest BCUT2D eigenvalue weighted by Crippen LogP contribution is 2.78. The molecule has 0 aromatic rings. The lowest BCUT2D eigenvalue weighted by atomic mass is 9.33. The number of Topliss-reactive ketones (excluding diaryl/α,β-unsaturated/α-hetero) is 2. The average molecular weight is 529 g/mol. The van der Waals surface area contributed by atoms with Gasteiger partial charge in [-0.3, -0.25) is 14.4 Å². The number of hydrogen-bond donors (Lipinski definition) is 4. The second kappa shape index (κ2) is 7.98. The van der Waals surface area contributed by atoms with E-state index in [4.69, 9.17) is 0 Å². The van der Waals surface area contributed by atoms with E-state index in [1.165, 1.54) is 32.9 Å². The molecule has 4 aliphatic rings. The van der Waals surface area contributed by atoms with E-state index in [9.17, 15) is 34.8 Å². The van der Waals surface area contributed by atoms with E-state index < -0.39 is 62.0 Å². The summed E-state index contributed by atoms with van der Waals surface area (Å²) in [5.74, 6) is -2.81. The second-order valence-corrected chi connectivity index (χ2v) is 14.5. The topological polar surface area (TPSA) is 132 Å². The first kappa shape index (κ1) is 28.9. The lowest BCUT2D eigenvalue weighted by molar-refractivity contribution is -0.204. The van der Waals surface area contributed by atoms with E-state index >= 15 is 0 Å². The molecule has 38 heavy (non-hydrogen) atoms. The van der Waals surface area contributed by atoms with Gasteiger partial charge in [-0.05, 0) is 75.9 Å². The summed E-state index contributed by atoms with van der Waals surface area (Å²) >= 11 is 0. The maximum atomic E-state index is 14.4. The van der Waals surface area contributed by atoms with Gasteiger partial charge in [-0.1, -0.05) is 45.4 Å². The number of allylic oxidation sites excluding steroid dienone is 4. The van der Waals surface area contributed by atoms with E-state index in [-0.39, 0.29) is 30.2 Å². The number of fused-ring (bicyclic) bond motifs is 5. The Labute approximate surface area is 225 Å². The van der Waals surface area contributed by atoms with Crippen molar-refractivity contribution in [3.8, 4) is 0 Å². The van der Waals surface area contributed by atoms with Crippen LogP contribution < -0.4 is 0 Å². The summed E-state index contributed by atoms with van der Waals surface area (Å²) in [6, 6.07) is 0. The third-order valence-corrected chi connectivity index (χ3v) is 11.7. The van der Waals surface area contributed by atoms with Crippen LogP contribution in [0.2, 0.25) is 0 Å². The molecule has 0 aliphatic heterocycles. The molecule has 0 aromatic carbocycles. The Bertz CT molecular complexity index is 1200. The van der Waals surface area contributed by atoms with Crippen molar-refractivity contribution >= 4 is 17.3 Å². The van der Waals surface area contributed by atoms with Crippen LogP contribution in [-0.4, -0.2) is 55.1 Å². The quantitative estimate of drug-likeness (QED) is 0.320.